The average Bonchev–Trinajstić information content (AvgIpc) is 2.83. The number of benzene rings is 3. The lowest BCUT2D eigenvalue weighted by Crippen LogP contribution is -2.21. The van der Waals surface area contributed by atoms with Crippen molar-refractivity contribution in [3.05, 3.63) is 94.3 Å². The number of hydrogen-bond acceptors (Lipinski definition) is 7. The molecule has 2 N–H and O–H groups in total. The molecule has 33 heavy (non-hydrogen) atoms. The second-order valence-electron chi connectivity index (χ2n) is 7.11. The Balaban J connectivity index is 1.53. The molecular weight excluding hydrogens is 444 g/mol. The maximum atomic E-state index is 12.2. The van der Waals surface area contributed by atoms with E-state index in [0.29, 0.717) is 27.8 Å². The lowest BCUT2D eigenvalue weighted by molar-refractivity contribution is -0.136. The minimum Gasteiger partial charge on any atom is -0.497 e. The zero-order valence-corrected chi connectivity index (χ0v) is 18.3. The molecule has 0 saturated carbocycles. The van der Waals surface area contributed by atoms with Crippen LogP contribution >= 0.6 is 11.6 Å². The predicted octanol–water partition coefficient (Wildman–Crippen LogP) is 4.55. The van der Waals surface area contributed by atoms with Gasteiger partial charge in [-0.15, -0.1) is 0 Å². The molecule has 0 amide bonds. The smallest absolute Gasteiger partial charge is 0.349 e. The monoisotopic (exact) mass is 462 g/mol. The molecule has 0 saturated heterocycles. The molecule has 0 aliphatic carbocycles. The van der Waals surface area contributed by atoms with Crippen molar-refractivity contribution in [1.82, 2.24) is 0 Å². The van der Waals surface area contributed by atoms with Gasteiger partial charge in [-0.05, 0) is 48.0 Å². The van der Waals surface area contributed by atoms with Gasteiger partial charge in [0.2, 0.25) is 5.88 Å². The van der Waals surface area contributed by atoms with Gasteiger partial charge in [-0.1, -0.05) is 29.8 Å². The Hall–Kier alpha value is -4.15. The van der Waals surface area contributed by atoms with Crippen molar-refractivity contribution in [2.75, 3.05) is 13.7 Å². The highest BCUT2D eigenvalue weighted by atomic mass is 35.5. The van der Waals surface area contributed by atoms with Crippen LogP contribution in [0.25, 0.3) is 0 Å². The molecule has 7 nitrogen and oxygen atoms in total. The molecule has 4 rings (SSSR count). The molecule has 0 fully saturated rings. The molecule has 8 heteroatoms. The number of allylic oxidation sites excluding steroid dienone is 1. The third-order valence-electron chi connectivity index (χ3n) is 5.04. The quantitative estimate of drug-likeness (QED) is 0.423. The summed E-state index contributed by atoms with van der Waals surface area (Å²) in [5.41, 5.74) is 7.91. The van der Waals surface area contributed by atoms with E-state index >= 15 is 0 Å². The Morgan fingerprint density at radius 1 is 1.06 bits per heavy atom. The first-order valence-electron chi connectivity index (χ1n) is 9.93. The number of fused-ring (bicyclic) bond motifs is 1. The second-order valence-corrected chi connectivity index (χ2v) is 7.55. The van der Waals surface area contributed by atoms with Crippen molar-refractivity contribution in [3.8, 4) is 29.1 Å². The first-order chi connectivity index (χ1) is 16.0. The van der Waals surface area contributed by atoms with Gasteiger partial charge in [0.25, 0.3) is 0 Å². The van der Waals surface area contributed by atoms with Crippen LogP contribution in [0.4, 0.5) is 0 Å². The number of esters is 1. The topological polar surface area (TPSA) is 104 Å². The molecule has 1 unspecified atom stereocenters. The molecule has 0 radical (unpaired) electrons. The summed E-state index contributed by atoms with van der Waals surface area (Å²) in [6.45, 7) is -0.283. The molecule has 1 heterocycles. The van der Waals surface area contributed by atoms with Gasteiger partial charge in [-0.3, -0.25) is 0 Å². The van der Waals surface area contributed by atoms with Gasteiger partial charge in [0, 0.05) is 16.7 Å². The number of nitrogens with zero attached hydrogens (tertiary/aromatic N) is 1. The van der Waals surface area contributed by atoms with E-state index in [4.69, 9.17) is 36.3 Å². The Labute approximate surface area is 195 Å². The highest BCUT2D eigenvalue weighted by molar-refractivity contribution is 6.30. The normalized spacial score (nSPS) is 14.5. The zero-order valence-electron chi connectivity index (χ0n) is 17.6. The molecule has 166 valence electrons. The van der Waals surface area contributed by atoms with E-state index in [1.54, 1.807) is 49.6 Å². The fourth-order valence-corrected chi connectivity index (χ4v) is 3.60. The van der Waals surface area contributed by atoms with E-state index in [1.165, 1.54) is 0 Å². The Morgan fingerprint density at radius 3 is 2.39 bits per heavy atom. The minimum atomic E-state index is -0.589. The van der Waals surface area contributed by atoms with Crippen LogP contribution in [0.15, 0.2) is 78.2 Å². The molecule has 1 aliphatic rings. The SMILES string of the molecule is COc1ccc(C2C(C#N)=C(N)Oc3cc(OC(=O)COc4ccc(Cl)cc4)ccc32)cc1. The van der Waals surface area contributed by atoms with Gasteiger partial charge >= 0.3 is 5.97 Å². The highest BCUT2D eigenvalue weighted by Crippen LogP contribution is 2.43. The summed E-state index contributed by atoms with van der Waals surface area (Å²) >= 11 is 5.84. The fraction of sp³-hybridized carbons (Fsp3) is 0.120. The molecule has 0 bridgehead atoms. The molecular formula is C25H19ClN2O5. The number of nitriles is 1. The van der Waals surface area contributed by atoms with Crippen molar-refractivity contribution in [2.45, 2.75) is 5.92 Å². The standard InChI is InChI=1S/C25H19ClN2O5/c1-30-17-6-2-15(3-7-17)24-20-11-10-19(12-22(20)33-25(28)21(24)13-27)32-23(29)14-31-18-8-4-16(26)5-9-18/h2-12,24H,14,28H2,1H3. The number of rotatable bonds is 6. The lowest BCUT2D eigenvalue weighted by atomic mass is 9.83. The van der Waals surface area contributed by atoms with Crippen LogP contribution in [0.2, 0.25) is 5.02 Å². The van der Waals surface area contributed by atoms with Gasteiger partial charge in [0.05, 0.1) is 13.0 Å². The van der Waals surface area contributed by atoms with Crippen molar-refractivity contribution in [3.63, 3.8) is 0 Å². The van der Waals surface area contributed by atoms with Crippen LogP contribution in [0.3, 0.4) is 0 Å². The van der Waals surface area contributed by atoms with Crippen molar-refractivity contribution in [1.29, 1.82) is 5.26 Å². The molecule has 1 aliphatic heterocycles. The van der Waals surface area contributed by atoms with Crippen LogP contribution in [0.1, 0.15) is 17.0 Å². The number of carbonyl (C=O) groups is 1. The van der Waals surface area contributed by atoms with Crippen molar-refractivity contribution < 1.29 is 23.7 Å². The Kier molecular flexibility index (Phi) is 6.38. The van der Waals surface area contributed by atoms with Gasteiger partial charge in [-0.2, -0.15) is 5.26 Å². The number of ether oxygens (including phenoxy) is 4. The minimum absolute atomic E-state index is 0.000339. The number of carbonyl (C=O) groups excluding carboxylic acids is 1. The molecule has 0 aromatic heterocycles. The van der Waals surface area contributed by atoms with E-state index < -0.39 is 11.9 Å². The van der Waals surface area contributed by atoms with Crippen molar-refractivity contribution >= 4 is 17.6 Å². The highest BCUT2D eigenvalue weighted by Gasteiger charge is 2.31. The average molecular weight is 463 g/mol. The van der Waals surface area contributed by atoms with Gasteiger partial charge in [0.15, 0.2) is 6.61 Å². The largest absolute Gasteiger partial charge is 0.497 e. The summed E-state index contributed by atoms with van der Waals surface area (Å²) in [7, 11) is 1.58. The van der Waals surface area contributed by atoms with E-state index in [-0.39, 0.29) is 18.2 Å². The third-order valence-corrected chi connectivity index (χ3v) is 5.29. The second kappa shape index (κ2) is 9.55. The Morgan fingerprint density at radius 2 is 1.73 bits per heavy atom. The molecule has 0 spiro atoms. The summed E-state index contributed by atoms with van der Waals surface area (Å²) in [4.78, 5) is 12.2. The first-order valence-corrected chi connectivity index (χ1v) is 10.3. The number of nitrogens with two attached hydrogens (primary N) is 1. The van der Waals surface area contributed by atoms with Crippen LogP contribution in [-0.2, 0) is 4.79 Å². The van der Waals surface area contributed by atoms with Gasteiger partial charge in [0.1, 0.15) is 34.6 Å². The van der Waals surface area contributed by atoms with Crippen LogP contribution in [0.5, 0.6) is 23.0 Å². The van der Waals surface area contributed by atoms with Crippen LogP contribution in [-0.4, -0.2) is 19.7 Å². The van der Waals surface area contributed by atoms with E-state index in [0.717, 1.165) is 11.1 Å². The number of methoxy groups -OCH3 is 1. The summed E-state index contributed by atoms with van der Waals surface area (Å²) < 4.78 is 21.7. The number of hydrogen-bond donors (Lipinski definition) is 1. The summed E-state index contributed by atoms with van der Waals surface area (Å²) in [5.74, 6) is 0.840. The zero-order chi connectivity index (χ0) is 23.4. The van der Waals surface area contributed by atoms with Gasteiger partial charge in [-0.25, -0.2) is 4.79 Å². The summed E-state index contributed by atoms with van der Waals surface area (Å²) in [6.07, 6.45) is 0. The van der Waals surface area contributed by atoms with E-state index in [1.807, 2.05) is 24.3 Å². The van der Waals surface area contributed by atoms with Gasteiger partial charge < -0.3 is 24.7 Å². The summed E-state index contributed by atoms with van der Waals surface area (Å²) in [5, 5.41) is 10.2. The van der Waals surface area contributed by atoms with Crippen LogP contribution in [0, 0.1) is 11.3 Å². The van der Waals surface area contributed by atoms with E-state index in [9.17, 15) is 10.1 Å². The lowest BCUT2D eigenvalue weighted by Gasteiger charge is -2.26. The van der Waals surface area contributed by atoms with Crippen molar-refractivity contribution in [2.24, 2.45) is 5.73 Å². The summed E-state index contributed by atoms with van der Waals surface area (Å²) in [6, 6.07) is 21.1. The van der Waals surface area contributed by atoms with Crippen LogP contribution < -0.4 is 24.7 Å². The molecule has 3 aromatic rings. The number of halogens is 1. The van der Waals surface area contributed by atoms with E-state index in [2.05, 4.69) is 6.07 Å². The Bertz CT molecular complexity index is 1250. The molecule has 3 aromatic carbocycles. The third kappa shape index (κ3) is 4.86. The maximum Gasteiger partial charge on any atom is 0.349 e. The maximum absolute atomic E-state index is 12.2. The molecule has 1 atom stereocenters. The fourth-order valence-electron chi connectivity index (χ4n) is 3.47. The first kappa shape index (κ1) is 22.1. The predicted molar refractivity (Wildman–Crippen MR) is 121 cm³/mol.